The SMILES string of the molecule is CCSC1CCC(NC(=O)c2ccc3[nH]ccc3c2)C1. The molecule has 1 aliphatic carbocycles. The zero-order valence-corrected chi connectivity index (χ0v) is 12.5. The van der Waals surface area contributed by atoms with Crippen LogP contribution in [0, 0.1) is 0 Å². The maximum atomic E-state index is 12.3. The van der Waals surface area contributed by atoms with Crippen LogP contribution in [-0.4, -0.2) is 27.9 Å². The Bertz CT molecular complexity index is 607. The van der Waals surface area contributed by atoms with Crippen molar-refractivity contribution in [2.24, 2.45) is 0 Å². The molecule has 1 saturated carbocycles. The van der Waals surface area contributed by atoms with Crippen LogP contribution in [0.5, 0.6) is 0 Å². The van der Waals surface area contributed by atoms with Gasteiger partial charge in [0.25, 0.3) is 5.91 Å². The number of aromatic amines is 1. The maximum absolute atomic E-state index is 12.3. The molecular weight excluding hydrogens is 268 g/mol. The van der Waals surface area contributed by atoms with Gasteiger partial charge in [-0.1, -0.05) is 6.92 Å². The molecule has 1 aromatic carbocycles. The van der Waals surface area contributed by atoms with Crippen molar-refractivity contribution < 1.29 is 4.79 Å². The molecule has 0 bridgehead atoms. The van der Waals surface area contributed by atoms with E-state index in [0.29, 0.717) is 6.04 Å². The summed E-state index contributed by atoms with van der Waals surface area (Å²) in [5.41, 5.74) is 1.82. The van der Waals surface area contributed by atoms with Crippen molar-refractivity contribution >= 4 is 28.6 Å². The Morgan fingerprint density at radius 1 is 1.40 bits per heavy atom. The largest absolute Gasteiger partial charge is 0.361 e. The molecule has 0 radical (unpaired) electrons. The van der Waals surface area contributed by atoms with E-state index in [-0.39, 0.29) is 5.91 Å². The lowest BCUT2D eigenvalue weighted by atomic mass is 10.1. The highest BCUT2D eigenvalue weighted by molar-refractivity contribution is 7.99. The number of H-pyrrole nitrogens is 1. The molecule has 106 valence electrons. The molecule has 2 unspecified atom stereocenters. The molecule has 0 spiro atoms. The summed E-state index contributed by atoms with van der Waals surface area (Å²) in [5, 5.41) is 4.98. The fourth-order valence-electron chi connectivity index (χ4n) is 2.92. The molecule has 2 N–H and O–H groups in total. The van der Waals surface area contributed by atoms with E-state index in [1.54, 1.807) is 0 Å². The Labute approximate surface area is 123 Å². The van der Waals surface area contributed by atoms with Crippen molar-refractivity contribution in [1.82, 2.24) is 10.3 Å². The first-order chi connectivity index (χ1) is 9.76. The number of carbonyl (C=O) groups is 1. The van der Waals surface area contributed by atoms with Crippen molar-refractivity contribution in [2.75, 3.05) is 5.75 Å². The molecule has 0 saturated heterocycles. The van der Waals surface area contributed by atoms with Gasteiger partial charge in [0, 0.05) is 34.0 Å². The van der Waals surface area contributed by atoms with Crippen LogP contribution in [0.2, 0.25) is 0 Å². The smallest absolute Gasteiger partial charge is 0.251 e. The minimum Gasteiger partial charge on any atom is -0.361 e. The minimum atomic E-state index is 0.0558. The van der Waals surface area contributed by atoms with Gasteiger partial charge in [0.15, 0.2) is 0 Å². The predicted molar refractivity (Wildman–Crippen MR) is 85.3 cm³/mol. The number of aromatic nitrogens is 1. The van der Waals surface area contributed by atoms with Crippen LogP contribution in [0.4, 0.5) is 0 Å². The molecular formula is C16H20N2OS. The van der Waals surface area contributed by atoms with Gasteiger partial charge < -0.3 is 10.3 Å². The Kier molecular flexibility index (Phi) is 4.01. The Hall–Kier alpha value is -1.42. The van der Waals surface area contributed by atoms with E-state index >= 15 is 0 Å². The first kappa shape index (κ1) is 13.6. The highest BCUT2D eigenvalue weighted by Crippen LogP contribution is 2.29. The molecule has 1 aliphatic rings. The lowest BCUT2D eigenvalue weighted by Crippen LogP contribution is -2.33. The van der Waals surface area contributed by atoms with E-state index in [1.807, 2.05) is 42.2 Å². The van der Waals surface area contributed by atoms with Crippen molar-refractivity contribution in [3.05, 3.63) is 36.0 Å². The van der Waals surface area contributed by atoms with Gasteiger partial charge in [-0.3, -0.25) is 4.79 Å². The Morgan fingerprint density at radius 2 is 2.30 bits per heavy atom. The zero-order valence-electron chi connectivity index (χ0n) is 11.7. The summed E-state index contributed by atoms with van der Waals surface area (Å²) in [5.74, 6) is 1.22. The molecule has 4 heteroatoms. The fraction of sp³-hybridized carbons (Fsp3) is 0.438. The average molecular weight is 288 g/mol. The number of thioether (sulfide) groups is 1. The van der Waals surface area contributed by atoms with Gasteiger partial charge in [0.05, 0.1) is 0 Å². The van der Waals surface area contributed by atoms with Crippen LogP contribution in [0.25, 0.3) is 10.9 Å². The monoisotopic (exact) mass is 288 g/mol. The van der Waals surface area contributed by atoms with Crippen LogP contribution in [0.15, 0.2) is 30.5 Å². The van der Waals surface area contributed by atoms with E-state index in [0.717, 1.165) is 40.3 Å². The number of amides is 1. The number of hydrogen-bond donors (Lipinski definition) is 2. The predicted octanol–water partition coefficient (Wildman–Crippen LogP) is 3.57. The summed E-state index contributed by atoms with van der Waals surface area (Å²) in [7, 11) is 0. The van der Waals surface area contributed by atoms with Crippen LogP contribution in [0.1, 0.15) is 36.5 Å². The number of rotatable bonds is 4. The highest BCUT2D eigenvalue weighted by Gasteiger charge is 2.25. The van der Waals surface area contributed by atoms with Gasteiger partial charge in [0.1, 0.15) is 0 Å². The molecule has 20 heavy (non-hydrogen) atoms. The molecule has 3 nitrogen and oxygen atoms in total. The average Bonchev–Trinajstić information content (AvgIpc) is 3.07. The molecule has 1 aromatic heterocycles. The van der Waals surface area contributed by atoms with Crippen molar-refractivity contribution in [3.63, 3.8) is 0 Å². The van der Waals surface area contributed by atoms with E-state index < -0.39 is 0 Å². The van der Waals surface area contributed by atoms with Crippen molar-refractivity contribution in [1.29, 1.82) is 0 Å². The Morgan fingerprint density at radius 3 is 3.15 bits per heavy atom. The minimum absolute atomic E-state index is 0.0558. The lowest BCUT2D eigenvalue weighted by molar-refractivity contribution is 0.0938. The normalized spacial score (nSPS) is 22.2. The number of benzene rings is 1. The second-order valence-electron chi connectivity index (χ2n) is 5.34. The molecule has 1 fully saturated rings. The quantitative estimate of drug-likeness (QED) is 0.903. The van der Waals surface area contributed by atoms with Gasteiger partial charge in [-0.15, -0.1) is 0 Å². The topological polar surface area (TPSA) is 44.9 Å². The van der Waals surface area contributed by atoms with Gasteiger partial charge in [-0.05, 0) is 49.3 Å². The Balaban J connectivity index is 1.64. The van der Waals surface area contributed by atoms with Crippen LogP contribution < -0.4 is 5.32 Å². The summed E-state index contributed by atoms with van der Waals surface area (Å²) in [6, 6.07) is 8.15. The molecule has 1 amide bonds. The van der Waals surface area contributed by atoms with E-state index in [2.05, 4.69) is 17.2 Å². The van der Waals surface area contributed by atoms with Gasteiger partial charge in [0.2, 0.25) is 0 Å². The summed E-state index contributed by atoms with van der Waals surface area (Å²) >= 11 is 2.01. The number of nitrogens with one attached hydrogen (secondary N) is 2. The lowest BCUT2D eigenvalue weighted by Gasteiger charge is -2.13. The summed E-state index contributed by atoms with van der Waals surface area (Å²) in [4.78, 5) is 15.4. The first-order valence-corrected chi connectivity index (χ1v) is 8.30. The number of fused-ring (bicyclic) bond motifs is 1. The standard InChI is InChI=1S/C16H20N2OS/c1-2-20-14-5-4-13(10-14)18-16(19)12-3-6-15-11(9-12)7-8-17-15/h3,6-9,13-14,17H,2,4-5,10H2,1H3,(H,18,19). The van der Waals surface area contributed by atoms with Crippen molar-refractivity contribution in [3.8, 4) is 0 Å². The van der Waals surface area contributed by atoms with Crippen molar-refractivity contribution in [2.45, 2.75) is 37.5 Å². The maximum Gasteiger partial charge on any atom is 0.251 e. The summed E-state index contributed by atoms with van der Waals surface area (Å²) in [6.45, 7) is 2.20. The fourth-order valence-corrected chi connectivity index (χ4v) is 4.06. The third-order valence-electron chi connectivity index (χ3n) is 3.94. The third kappa shape index (κ3) is 2.85. The van der Waals surface area contributed by atoms with Gasteiger partial charge in [-0.25, -0.2) is 0 Å². The van der Waals surface area contributed by atoms with Gasteiger partial charge in [-0.2, -0.15) is 11.8 Å². The second-order valence-corrected chi connectivity index (χ2v) is 6.92. The molecule has 2 atom stereocenters. The van der Waals surface area contributed by atoms with E-state index in [9.17, 15) is 4.79 Å². The molecule has 2 aromatic rings. The zero-order chi connectivity index (χ0) is 13.9. The van der Waals surface area contributed by atoms with E-state index in [1.165, 1.54) is 6.42 Å². The summed E-state index contributed by atoms with van der Waals surface area (Å²) in [6.07, 6.45) is 5.34. The summed E-state index contributed by atoms with van der Waals surface area (Å²) < 4.78 is 0. The van der Waals surface area contributed by atoms with Gasteiger partial charge >= 0.3 is 0 Å². The number of carbonyl (C=O) groups excluding carboxylic acids is 1. The molecule has 1 heterocycles. The molecule has 3 rings (SSSR count). The molecule has 0 aliphatic heterocycles. The number of hydrogen-bond acceptors (Lipinski definition) is 2. The van der Waals surface area contributed by atoms with Crippen LogP contribution in [-0.2, 0) is 0 Å². The highest BCUT2D eigenvalue weighted by atomic mass is 32.2. The van der Waals surface area contributed by atoms with Crippen LogP contribution >= 0.6 is 11.8 Å². The first-order valence-electron chi connectivity index (χ1n) is 7.26. The second kappa shape index (κ2) is 5.92. The third-order valence-corrected chi connectivity index (χ3v) is 5.17. The van der Waals surface area contributed by atoms with Crippen LogP contribution in [0.3, 0.4) is 0 Å². The van der Waals surface area contributed by atoms with E-state index in [4.69, 9.17) is 0 Å².